The van der Waals surface area contributed by atoms with E-state index in [1.165, 1.54) is 0 Å². The highest BCUT2D eigenvalue weighted by Crippen LogP contribution is 2.24. The van der Waals surface area contributed by atoms with E-state index in [0.717, 1.165) is 73.9 Å². The Labute approximate surface area is 183 Å². The van der Waals surface area contributed by atoms with E-state index in [1.807, 2.05) is 25.1 Å². The van der Waals surface area contributed by atoms with E-state index in [4.69, 9.17) is 15.7 Å². The summed E-state index contributed by atoms with van der Waals surface area (Å²) in [4.78, 5) is 26.2. The maximum absolute atomic E-state index is 11.7. The first-order valence-corrected chi connectivity index (χ1v) is 11.2. The predicted octanol–water partition coefficient (Wildman–Crippen LogP) is 3.35. The van der Waals surface area contributed by atoms with Gasteiger partial charge in [0.15, 0.2) is 0 Å². The Hall–Kier alpha value is -2.93. The summed E-state index contributed by atoms with van der Waals surface area (Å²) in [5.41, 5.74) is 9.00. The number of hydrogen-bond acceptors (Lipinski definition) is 5. The summed E-state index contributed by atoms with van der Waals surface area (Å²) in [6, 6.07) is 12.2. The van der Waals surface area contributed by atoms with Crippen molar-refractivity contribution in [2.24, 2.45) is 5.73 Å². The summed E-state index contributed by atoms with van der Waals surface area (Å²) in [7, 11) is 0. The number of amides is 1. The lowest BCUT2D eigenvalue weighted by atomic mass is 10.1. The van der Waals surface area contributed by atoms with E-state index in [9.17, 15) is 4.79 Å². The van der Waals surface area contributed by atoms with Crippen LogP contribution in [0, 0.1) is 6.92 Å². The zero-order valence-corrected chi connectivity index (χ0v) is 18.7. The number of benzene rings is 1. The number of primary amides is 1. The van der Waals surface area contributed by atoms with Crippen molar-refractivity contribution in [3.63, 3.8) is 0 Å². The van der Waals surface area contributed by atoms with Crippen molar-refractivity contribution in [1.82, 2.24) is 19.4 Å². The maximum Gasteiger partial charge on any atom is 0.248 e. The van der Waals surface area contributed by atoms with Crippen molar-refractivity contribution in [2.45, 2.75) is 52.7 Å². The fourth-order valence-electron chi connectivity index (χ4n) is 4.50. The molecule has 7 nitrogen and oxygen atoms in total. The second-order valence-electron chi connectivity index (χ2n) is 8.36. The number of imidazole rings is 1. The number of aromatic nitrogens is 3. The number of carbonyl (C=O) groups excluding carboxylic acids is 1. The minimum Gasteiger partial charge on any atom is -0.366 e. The zero-order chi connectivity index (χ0) is 22.0. The highest BCUT2D eigenvalue weighted by atomic mass is 16.1. The van der Waals surface area contributed by atoms with Gasteiger partial charge in [-0.25, -0.2) is 9.97 Å². The molecule has 1 saturated heterocycles. The van der Waals surface area contributed by atoms with Gasteiger partial charge in [0.1, 0.15) is 11.6 Å². The van der Waals surface area contributed by atoms with Crippen molar-refractivity contribution in [3.8, 4) is 0 Å². The lowest BCUT2D eigenvalue weighted by Gasteiger charge is -2.41. The first-order valence-electron chi connectivity index (χ1n) is 11.2. The summed E-state index contributed by atoms with van der Waals surface area (Å²) in [5.74, 6) is 1.72. The van der Waals surface area contributed by atoms with Gasteiger partial charge >= 0.3 is 0 Å². The predicted molar refractivity (Wildman–Crippen MR) is 124 cm³/mol. The van der Waals surface area contributed by atoms with Crippen molar-refractivity contribution < 1.29 is 4.79 Å². The number of carbonyl (C=O) groups is 1. The Morgan fingerprint density at radius 2 is 2.00 bits per heavy atom. The standard InChI is InChI=1S/C24H32N6O/c1-4-11-30-21-14-18(24(25)31)9-10-20(21)27-23(30)16-28-12-13-29(15-19(28)5-2)22-8-6-7-17(3)26-22/h6-10,14,19H,4-5,11-13,15-16H2,1-3H3,(H2,25,31). The molecule has 3 aromatic rings. The highest BCUT2D eigenvalue weighted by molar-refractivity contribution is 5.96. The molecule has 1 unspecified atom stereocenters. The minimum absolute atomic E-state index is 0.403. The summed E-state index contributed by atoms with van der Waals surface area (Å²) in [5, 5.41) is 0. The van der Waals surface area contributed by atoms with E-state index in [1.54, 1.807) is 6.07 Å². The Morgan fingerprint density at radius 1 is 1.16 bits per heavy atom. The molecule has 2 N–H and O–H groups in total. The van der Waals surface area contributed by atoms with E-state index in [2.05, 4.69) is 40.3 Å². The van der Waals surface area contributed by atoms with Crippen LogP contribution in [0.15, 0.2) is 36.4 Å². The van der Waals surface area contributed by atoms with E-state index in [0.29, 0.717) is 11.6 Å². The highest BCUT2D eigenvalue weighted by Gasteiger charge is 2.28. The molecule has 1 fully saturated rings. The molecule has 3 heterocycles. The van der Waals surface area contributed by atoms with Crippen LogP contribution in [0.4, 0.5) is 5.82 Å². The molecule has 7 heteroatoms. The summed E-state index contributed by atoms with van der Waals surface area (Å²) in [6.07, 6.45) is 2.07. The number of fused-ring (bicyclic) bond motifs is 1. The van der Waals surface area contributed by atoms with Crippen LogP contribution in [0.25, 0.3) is 11.0 Å². The number of nitrogens with two attached hydrogens (primary N) is 1. The quantitative estimate of drug-likeness (QED) is 0.634. The third-order valence-corrected chi connectivity index (χ3v) is 6.18. The molecular weight excluding hydrogens is 388 g/mol. The molecule has 2 aromatic heterocycles. The van der Waals surface area contributed by atoms with Gasteiger partial charge < -0.3 is 15.2 Å². The molecule has 0 spiro atoms. The van der Waals surface area contributed by atoms with Gasteiger partial charge in [0, 0.05) is 43.5 Å². The molecule has 0 aliphatic carbocycles. The second-order valence-corrected chi connectivity index (χ2v) is 8.36. The lowest BCUT2D eigenvalue weighted by Crippen LogP contribution is -2.53. The molecule has 0 saturated carbocycles. The van der Waals surface area contributed by atoms with E-state index < -0.39 is 5.91 Å². The molecule has 4 rings (SSSR count). The maximum atomic E-state index is 11.7. The van der Waals surface area contributed by atoms with Gasteiger partial charge in [-0.05, 0) is 50.1 Å². The van der Waals surface area contributed by atoms with Crippen LogP contribution in [0.1, 0.15) is 48.6 Å². The number of hydrogen-bond donors (Lipinski definition) is 1. The Kier molecular flexibility index (Phi) is 6.23. The number of aryl methyl sites for hydroxylation is 2. The van der Waals surface area contributed by atoms with Crippen LogP contribution < -0.4 is 10.6 Å². The Bertz CT molecular complexity index is 1080. The third-order valence-electron chi connectivity index (χ3n) is 6.18. The molecule has 1 aliphatic rings. The molecule has 164 valence electrons. The smallest absolute Gasteiger partial charge is 0.248 e. The molecule has 1 aromatic carbocycles. The minimum atomic E-state index is -0.403. The van der Waals surface area contributed by atoms with Crippen LogP contribution in [-0.4, -0.2) is 51.0 Å². The van der Waals surface area contributed by atoms with Crippen LogP contribution in [0.3, 0.4) is 0 Å². The average Bonchev–Trinajstić information content (AvgIpc) is 3.10. The SMILES string of the molecule is CCCn1c(CN2CCN(c3cccc(C)n3)CC2CC)nc2ccc(C(N)=O)cc21. The van der Waals surface area contributed by atoms with Crippen molar-refractivity contribution in [2.75, 3.05) is 24.5 Å². The molecule has 0 radical (unpaired) electrons. The molecule has 1 atom stereocenters. The van der Waals surface area contributed by atoms with Gasteiger partial charge in [0.05, 0.1) is 17.6 Å². The summed E-state index contributed by atoms with van der Waals surface area (Å²) < 4.78 is 2.25. The second kappa shape index (κ2) is 9.06. The summed E-state index contributed by atoms with van der Waals surface area (Å²) in [6.45, 7) is 11.0. The fourth-order valence-corrected chi connectivity index (χ4v) is 4.50. The number of anilines is 1. The first kappa shape index (κ1) is 21.3. The fraction of sp³-hybridized carbons (Fsp3) is 0.458. The topological polar surface area (TPSA) is 80.3 Å². The van der Waals surface area contributed by atoms with Gasteiger partial charge in [-0.15, -0.1) is 0 Å². The third kappa shape index (κ3) is 4.42. The monoisotopic (exact) mass is 420 g/mol. The van der Waals surface area contributed by atoms with Crippen LogP contribution in [-0.2, 0) is 13.1 Å². The normalized spacial score (nSPS) is 17.4. The van der Waals surface area contributed by atoms with Crippen LogP contribution >= 0.6 is 0 Å². The molecule has 1 amide bonds. The molecule has 1 aliphatic heterocycles. The van der Waals surface area contributed by atoms with Gasteiger partial charge in [0.25, 0.3) is 0 Å². The van der Waals surface area contributed by atoms with Crippen LogP contribution in [0.2, 0.25) is 0 Å². The van der Waals surface area contributed by atoms with Crippen molar-refractivity contribution >= 4 is 22.8 Å². The van der Waals surface area contributed by atoms with Gasteiger partial charge in [-0.2, -0.15) is 0 Å². The molecule has 0 bridgehead atoms. The largest absolute Gasteiger partial charge is 0.366 e. The van der Waals surface area contributed by atoms with Gasteiger partial charge in [0.2, 0.25) is 5.91 Å². The number of rotatable bonds is 7. The Morgan fingerprint density at radius 3 is 2.71 bits per heavy atom. The van der Waals surface area contributed by atoms with Crippen LogP contribution in [0.5, 0.6) is 0 Å². The van der Waals surface area contributed by atoms with E-state index in [-0.39, 0.29) is 0 Å². The Balaban J connectivity index is 1.58. The van der Waals surface area contributed by atoms with Crippen molar-refractivity contribution in [1.29, 1.82) is 0 Å². The van der Waals surface area contributed by atoms with Crippen molar-refractivity contribution in [3.05, 3.63) is 53.5 Å². The average molecular weight is 421 g/mol. The van der Waals surface area contributed by atoms with Gasteiger partial charge in [-0.1, -0.05) is 19.9 Å². The number of pyridine rings is 1. The zero-order valence-electron chi connectivity index (χ0n) is 18.7. The van der Waals surface area contributed by atoms with Gasteiger partial charge in [-0.3, -0.25) is 9.69 Å². The summed E-state index contributed by atoms with van der Waals surface area (Å²) >= 11 is 0. The number of nitrogens with zero attached hydrogens (tertiary/aromatic N) is 5. The van der Waals surface area contributed by atoms with E-state index >= 15 is 0 Å². The molecular formula is C24H32N6O. The first-order chi connectivity index (χ1) is 15.0. The number of piperazine rings is 1. The lowest BCUT2D eigenvalue weighted by molar-refractivity contribution is 0.100. The molecule has 31 heavy (non-hydrogen) atoms.